The van der Waals surface area contributed by atoms with E-state index in [1.807, 2.05) is 26.0 Å². The van der Waals surface area contributed by atoms with Crippen LogP contribution in [0.1, 0.15) is 31.9 Å². The number of hydrogen-bond acceptors (Lipinski definition) is 4. The Morgan fingerprint density at radius 1 is 1.50 bits per heavy atom. The molecule has 1 fully saturated rings. The molecule has 2 atom stereocenters. The van der Waals surface area contributed by atoms with Gasteiger partial charge in [-0.15, -0.1) is 0 Å². The molecule has 0 aromatic heterocycles. The van der Waals surface area contributed by atoms with Gasteiger partial charge in [-0.3, -0.25) is 0 Å². The molecular formula is C14H20ClNO3S. The number of rotatable bonds is 5. The van der Waals surface area contributed by atoms with E-state index in [2.05, 4.69) is 5.32 Å². The lowest BCUT2D eigenvalue weighted by Crippen LogP contribution is -2.22. The lowest BCUT2D eigenvalue weighted by atomic mass is 10.1. The van der Waals surface area contributed by atoms with Gasteiger partial charge in [0.05, 0.1) is 11.5 Å². The number of ether oxygens (including phenoxy) is 1. The highest BCUT2D eigenvalue weighted by Crippen LogP contribution is 2.30. The number of benzene rings is 1. The van der Waals surface area contributed by atoms with Crippen LogP contribution in [0, 0.1) is 0 Å². The smallest absolute Gasteiger partial charge is 0.154 e. The van der Waals surface area contributed by atoms with Crippen molar-refractivity contribution in [1.29, 1.82) is 0 Å². The molecule has 1 aromatic carbocycles. The molecule has 0 amide bonds. The third kappa shape index (κ3) is 3.87. The van der Waals surface area contributed by atoms with Gasteiger partial charge in [0.25, 0.3) is 0 Å². The Bertz CT molecular complexity index is 574. The molecule has 1 N–H and O–H groups in total. The summed E-state index contributed by atoms with van der Waals surface area (Å²) in [6.07, 6.45) is 0.300. The third-order valence-corrected chi connectivity index (χ3v) is 5.41. The van der Waals surface area contributed by atoms with Crippen molar-refractivity contribution in [2.75, 3.05) is 18.1 Å². The van der Waals surface area contributed by atoms with Crippen LogP contribution in [0.25, 0.3) is 0 Å². The van der Waals surface area contributed by atoms with Gasteiger partial charge >= 0.3 is 0 Å². The summed E-state index contributed by atoms with van der Waals surface area (Å²) >= 11 is 6.04. The Balaban J connectivity index is 2.19. The molecule has 2 unspecified atom stereocenters. The van der Waals surface area contributed by atoms with E-state index in [1.165, 1.54) is 0 Å². The number of sulfone groups is 1. The zero-order chi connectivity index (χ0) is 14.8. The quantitative estimate of drug-likeness (QED) is 0.907. The molecule has 1 aliphatic heterocycles. The maximum atomic E-state index is 11.5. The van der Waals surface area contributed by atoms with Crippen LogP contribution in [0.3, 0.4) is 0 Å². The van der Waals surface area contributed by atoms with Gasteiger partial charge < -0.3 is 10.1 Å². The fraction of sp³-hybridized carbons (Fsp3) is 0.571. The lowest BCUT2D eigenvalue weighted by molar-refractivity contribution is 0.225. The minimum atomic E-state index is -2.93. The van der Waals surface area contributed by atoms with Crippen LogP contribution >= 0.6 is 11.6 Å². The highest BCUT2D eigenvalue weighted by atomic mass is 35.5. The summed E-state index contributed by atoms with van der Waals surface area (Å²) in [5.41, 5.74) is 0.962. The molecule has 4 nitrogen and oxygen atoms in total. The molecule has 2 rings (SSSR count). The molecule has 0 bridgehead atoms. The van der Waals surface area contributed by atoms with Crippen molar-refractivity contribution in [2.24, 2.45) is 0 Å². The summed E-state index contributed by atoms with van der Waals surface area (Å²) in [6, 6.07) is 5.55. The van der Waals surface area contributed by atoms with E-state index in [4.69, 9.17) is 16.3 Å². The standard InChI is InChI=1S/C14H20ClNO3S/c1-3-16-10(2)13-8-11(15)4-5-14(13)19-12-6-7-20(17,18)9-12/h4-5,8,10,12,16H,3,6-7,9H2,1-2H3. The minimum absolute atomic E-state index is 0.102. The first-order valence-corrected chi connectivity index (χ1v) is 9.01. The Morgan fingerprint density at radius 3 is 2.85 bits per heavy atom. The van der Waals surface area contributed by atoms with E-state index in [0.717, 1.165) is 12.1 Å². The first-order chi connectivity index (χ1) is 9.41. The molecule has 1 saturated heterocycles. The molecule has 0 radical (unpaired) electrons. The largest absolute Gasteiger partial charge is 0.489 e. The van der Waals surface area contributed by atoms with E-state index in [-0.39, 0.29) is 23.7 Å². The van der Waals surface area contributed by atoms with Crippen molar-refractivity contribution in [2.45, 2.75) is 32.4 Å². The van der Waals surface area contributed by atoms with Crippen molar-refractivity contribution < 1.29 is 13.2 Å². The average Bonchev–Trinajstić information content (AvgIpc) is 2.71. The van der Waals surface area contributed by atoms with Crippen LogP contribution in [-0.2, 0) is 9.84 Å². The second kappa shape index (κ2) is 6.33. The summed E-state index contributed by atoms with van der Waals surface area (Å²) in [7, 11) is -2.93. The second-order valence-corrected chi connectivity index (χ2v) is 7.77. The zero-order valence-corrected chi connectivity index (χ0v) is 13.3. The second-order valence-electron chi connectivity index (χ2n) is 5.10. The van der Waals surface area contributed by atoms with Gasteiger partial charge in [-0.2, -0.15) is 0 Å². The average molecular weight is 318 g/mol. The van der Waals surface area contributed by atoms with Gasteiger partial charge in [0.15, 0.2) is 9.84 Å². The summed E-state index contributed by atoms with van der Waals surface area (Å²) < 4.78 is 28.9. The van der Waals surface area contributed by atoms with Crippen molar-refractivity contribution in [1.82, 2.24) is 5.32 Å². The molecule has 20 heavy (non-hydrogen) atoms. The number of hydrogen-bond donors (Lipinski definition) is 1. The van der Waals surface area contributed by atoms with Gasteiger partial charge in [-0.1, -0.05) is 18.5 Å². The van der Waals surface area contributed by atoms with Crippen LogP contribution in [0.2, 0.25) is 5.02 Å². The van der Waals surface area contributed by atoms with Gasteiger partial charge in [0.2, 0.25) is 0 Å². The highest BCUT2D eigenvalue weighted by molar-refractivity contribution is 7.91. The van der Waals surface area contributed by atoms with Crippen LogP contribution in [0.15, 0.2) is 18.2 Å². The monoisotopic (exact) mass is 317 g/mol. The minimum Gasteiger partial charge on any atom is -0.489 e. The van der Waals surface area contributed by atoms with E-state index in [0.29, 0.717) is 17.2 Å². The van der Waals surface area contributed by atoms with Crippen LogP contribution in [-0.4, -0.2) is 32.6 Å². The van der Waals surface area contributed by atoms with E-state index in [9.17, 15) is 8.42 Å². The van der Waals surface area contributed by atoms with Crippen molar-refractivity contribution in [3.05, 3.63) is 28.8 Å². The summed E-state index contributed by atoms with van der Waals surface area (Å²) in [6.45, 7) is 4.91. The molecule has 1 aliphatic rings. The number of nitrogens with one attached hydrogen (secondary N) is 1. The maximum Gasteiger partial charge on any atom is 0.154 e. The van der Waals surface area contributed by atoms with Crippen LogP contribution < -0.4 is 10.1 Å². The highest BCUT2D eigenvalue weighted by Gasteiger charge is 2.30. The van der Waals surface area contributed by atoms with E-state index >= 15 is 0 Å². The third-order valence-electron chi connectivity index (χ3n) is 3.43. The van der Waals surface area contributed by atoms with Gasteiger partial charge in [0.1, 0.15) is 11.9 Å². The normalized spacial score (nSPS) is 22.6. The molecule has 0 aliphatic carbocycles. The predicted molar refractivity (Wildman–Crippen MR) is 81.2 cm³/mol. The predicted octanol–water partition coefficient (Wildman–Crippen LogP) is 2.58. The zero-order valence-electron chi connectivity index (χ0n) is 11.7. The molecule has 0 spiro atoms. The fourth-order valence-electron chi connectivity index (χ4n) is 2.41. The van der Waals surface area contributed by atoms with Crippen molar-refractivity contribution in [3.63, 3.8) is 0 Å². The van der Waals surface area contributed by atoms with Crippen molar-refractivity contribution in [3.8, 4) is 5.75 Å². The first-order valence-electron chi connectivity index (χ1n) is 6.81. The van der Waals surface area contributed by atoms with E-state index in [1.54, 1.807) is 6.07 Å². The molecule has 0 saturated carbocycles. The Kier molecular flexibility index (Phi) is 4.94. The van der Waals surface area contributed by atoms with Gasteiger partial charge in [-0.05, 0) is 38.1 Å². The molecule has 1 heterocycles. The fourth-order valence-corrected chi connectivity index (χ4v) is 4.18. The van der Waals surface area contributed by atoms with E-state index < -0.39 is 9.84 Å². The summed E-state index contributed by atoms with van der Waals surface area (Å²) in [4.78, 5) is 0. The molecular weight excluding hydrogens is 298 g/mol. The maximum absolute atomic E-state index is 11.5. The Hall–Kier alpha value is -0.780. The SMILES string of the molecule is CCNC(C)c1cc(Cl)ccc1OC1CCS(=O)(=O)C1. The first kappa shape index (κ1) is 15.6. The summed E-state index contributed by atoms with van der Waals surface area (Å²) in [5, 5.41) is 3.96. The molecule has 6 heteroatoms. The number of halogens is 1. The topological polar surface area (TPSA) is 55.4 Å². The Labute approximate surface area is 125 Å². The Morgan fingerprint density at radius 2 is 2.25 bits per heavy atom. The molecule has 1 aromatic rings. The van der Waals surface area contributed by atoms with Crippen LogP contribution in [0.5, 0.6) is 5.75 Å². The molecule has 112 valence electrons. The van der Waals surface area contributed by atoms with Crippen LogP contribution in [0.4, 0.5) is 0 Å². The van der Waals surface area contributed by atoms with Crippen molar-refractivity contribution >= 4 is 21.4 Å². The van der Waals surface area contributed by atoms with Gasteiger partial charge in [-0.25, -0.2) is 8.42 Å². The summed E-state index contributed by atoms with van der Waals surface area (Å²) in [5.74, 6) is 1.03. The lowest BCUT2D eigenvalue weighted by Gasteiger charge is -2.20. The van der Waals surface area contributed by atoms with Gasteiger partial charge in [0, 0.05) is 16.6 Å².